The Morgan fingerprint density at radius 1 is 0.767 bits per heavy atom. The molecule has 2 aromatic rings. The van der Waals surface area contributed by atoms with Crippen LogP contribution < -0.4 is 9.47 Å². The summed E-state index contributed by atoms with van der Waals surface area (Å²) in [6, 6.07) is 7.68. The average Bonchev–Trinajstić information content (AvgIpc) is 2.77. The second kappa shape index (κ2) is 11.9. The Labute approximate surface area is 181 Å². The third-order valence-electron chi connectivity index (χ3n) is 5.81. The number of unbranched alkanes of at least 4 members (excludes halogenated alkanes) is 7. The maximum Gasteiger partial charge on any atom is 0.213 e. The largest absolute Gasteiger partial charge is 0.491 e. The molecule has 0 N–H and O–H groups in total. The Balaban J connectivity index is 1.60. The van der Waals surface area contributed by atoms with Crippen LogP contribution >= 0.6 is 0 Å². The van der Waals surface area contributed by atoms with Crippen molar-refractivity contribution in [3.63, 3.8) is 0 Å². The maximum absolute atomic E-state index is 15.1. The van der Waals surface area contributed by atoms with Crippen molar-refractivity contribution in [2.24, 2.45) is 0 Å². The van der Waals surface area contributed by atoms with Gasteiger partial charge in [0.2, 0.25) is 5.88 Å². The number of hydrogen-bond donors (Lipinski definition) is 0. The zero-order valence-corrected chi connectivity index (χ0v) is 18.6. The minimum Gasteiger partial charge on any atom is -0.491 e. The van der Waals surface area contributed by atoms with Crippen LogP contribution in [0.3, 0.4) is 0 Å². The molecule has 164 valence electrons. The highest BCUT2D eigenvalue weighted by atomic mass is 19.1. The van der Waals surface area contributed by atoms with E-state index in [9.17, 15) is 0 Å². The molecule has 4 heteroatoms. The lowest BCUT2D eigenvalue weighted by Gasteiger charge is -2.21. The summed E-state index contributed by atoms with van der Waals surface area (Å²) < 4.78 is 26.6. The van der Waals surface area contributed by atoms with Gasteiger partial charge in [0.25, 0.3) is 0 Å². The zero-order valence-electron chi connectivity index (χ0n) is 18.6. The molecule has 3 rings (SSSR count). The molecule has 0 bridgehead atoms. The van der Waals surface area contributed by atoms with Crippen LogP contribution in [-0.4, -0.2) is 18.2 Å². The van der Waals surface area contributed by atoms with E-state index < -0.39 is 0 Å². The van der Waals surface area contributed by atoms with Crippen molar-refractivity contribution in [3.8, 4) is 22.8 Å². The van der Waals surface area contributed by atoms with Gasteiger partial charge in [0.05, 0.1) is 18.9 Å². The Kier molecular flexibility index (Phi) is 8.98. The zero-order chi connectivity index (χ0) is 21.2. The predicted molar refractivity (Wildman–Crippen MR) is 121 cm³/mol. The maximum atomic E-state index is 15.1. The first-order valence-corrected chi connectivity index (χ1v) is 11.8. The fourth-order valence-corrected chi connectivity index (χ4v) is 4.04. The molecule has 1 heterocycles. The van der Waals surface area contributed by atoms with E-state index in [1.807, 2.05) is 18.2 Å². The van der Waals surface area contributed by atoms with E-state index in [-0.39, 0.29) is 5.82 Å². The van der Waals surface area contributed by atoms with Crippen molar-refractivity contribution in [3.05, 3.63) is 41.3 Å². The van der Waals surface area contributed by atoms with Gasteiger partial charge in [0, 0.05) is 11.6 Å². The molecule has 1 aromatic carbocycles. The van der Waals surface area contributed by atoms with E-state index in [1.54, 1.807) is 6.07 Å². The molecule has 0 atom stereocenters. The first kappa shape index (κ1) is 22.6. The highest BCUT2D eigenvalue weighted by molar-refractivity contribution is 5.73. The second-order valence-electron chi connectivity index (χ2n) is 8.22. The van der Waals surface area contributed by atoms with E-state index in [1.165, 1.54) is 38.5 Å². The Bertz CT molecular complexity index is 806. The summed E-state index contributed by atoms with van der Waals surface area (Å²) >= 11 is 0. The third-order valence-corrected chi connectivity index (χ3v) is 5.81. The highest BCUT2D eigenvalue weighted by Gasteiger charge is 2.23. The number of rotatable bonds is 13. The molecule has 0 spiro atoms. The molecule has 0 unspecified atom stereocenters. The normalized spacial score (nSPS) is 12.4. The van der Waals surface area contributed by atoms with Crippen molar-refractivity contribution in [1.82, 2.24) is 4.98 Å². The number of fused-ring (bicyclic) bond motifs is 3. The van der Waals surface area contributed by atoms with Gasteiger partial charge < -0.3 is 9.47 Å². The first-order chi connectivity index (χ1) is 14.7. The molecule has 0 saturated heterocycles. The number of ether oxygens (including phenoxy) is 2. The van der Waals surface area contributed by atoms with Crippen LogP contribution in [0.4, 0.5) is 4.39 Å². The van der Waals surface area contributed by atoms with Gasteiger partial charge in [-0.25, -0.2) is 9.37 Å². The third kappa shape index (κ3) is 5.96. The minimum atomic E-state index is -0.205. The van der Waals surface area contributed by atoms with Crippen LogP contribution in [0.25, 0.3) is 11.1 Å². The highest BCUT2D eigenvalue weighted by Crippen LogP contribution is 2.38. The molecule has 0 radical (unpaired) electrons. The molecule has 1 aliphatic carbocycles. The van der Waals surface area contributed by atoms with E-state index in [0.29, 0.717) is 31.3 Å². The summed E-state index contributed by atoms with van der Waals surface area (Å²) in [7, 11) is 0. The van der Waals surface area contributed by atoms with Crippen molar-refractivity contribution < 1.29 is 13.9 Å². The monoisotopic (exact) mass is 413 g/mol. The van der Waals surface area contributed by atoms with Crippen LogP contribution in [-0.2, 0) is 12.8 Å². The average molecular weight is 414 g/mol. The molecule has 0 saturated carbocycles. The van der Waals surface area contributed by atoms with Crippen molar-refractivity contribution in [1.29, 1.82) is 0 Å². The fourth-order valence-electron chi connectivity index (χ4n) is 4.04. The van der Waals surface area contributed by atoms with Crippen LogP contribution in [0.5, 0.6) is 11.6 Å². The molecular weight excluding hydrogens is 377 g/mol. The fraction of sp³-hybridized carbons (Fsp3) is 0.577. The van der Waals surface area contributed by atoms with E-state index in [4.69, 9.17) is 9.47 Å². The topological polar surface area (TPSA) is 31.4 Å². The van der Waals surface area contributed by atoms with Gasteiger partial charge >= 0.3 is 0 Å². The molecule has 3 nitrogen and oxygen atoms in total. The van der Waals surface area contributed by atoms with E-state index in [0.717, 1.165) is 48.1 Å². The van der Waals surface area contributed by atoms with Gasteiger partial charge in [-0.2, -0.15) is 0 Å². The van der Waals surface area contributed by atoms with Crippen LogP contribution in [0.2, 0.25) is 0 Å². The van der Waals surface area contributed by atoms with E-state index >= 15 is 4.39 Å². The van der Waals surface area contributed by atoms with Gasteiger partial charge in [-0.15, -0.1) is 0 Å². The summed E-state index contributed by atoms with van der Waals surface area (Å²) in [4.78, 5) is 4.68. The predicted octanol–water partition coefficient (Wildman–Crippen LogP) is 7.29. The van der Waals surface area contributed by atoms with Gasteiger partial charge in [0.15, 0.2) is 11.6 Å². The number of nitrogens with zero attached hydrogens (tertiary/aromatic N) is 1. The number of benzene rings is 1. The molecule has 1 aliphatic rings. The summed E-state index contributed by atoms with van der Waals surface area (Å²) in [6.45, 7) is 5.68. The summed E-state index contributed by atoms with van der Waals surface area (Å²) in [5.74, 6) is 0.853. The summed E-state index contributed by atoms with van der Waals surface area (Å²) in [6.07, 6.45) is 12.0. The van der Waals surface area contributed by atoms with Crippen LogP contribution in [0.15, 0.2) is 24.3 Å². The van der Waals surface area contributed by atoms with E-state index in [2.05, 4.69) is 18.8 Å². The number of pyridine rings is 1. The SMILES string of the molecule is CCCCCCCCOc1ccc2c(c1F)CCc1nc(OCCCCC)ccc1-2. The van der Waals surface area contributed by atoms with Crippen molar-refractivity contribution >= 4 is 0 Å². The molecule has 0 amide bonds. The summed E-state index contributed by atoms with van der Waals surface area (Å²) in [5.41, 5.74) is 3.70. The Hall–Kier alpha value is -2.10. The lowest BCUT2D eigenvalue weighted by Crippen LogP contribution is -2.11. The smallest absolute Gasteiger partial charge is 0.213 e. The van der Waals surface area contributed by atoms with Gasteiger partial charge in [-0.05, 0) is 48.9 Å². The standard InChI is InChI=1S/C26H36FNO2/c1-3-5-7-8-9-11-18-29-24-16-13-20-21-14-17-25(30-19-10-6-4-2)28-23(21)15-12-22(20)26(24)27/h13-14,16-17H,3-12,15,18-19H2,1-2H3. The van der Waals surface area contributed by atoms with Crippen LogP contribution in [0.1, 0.15) is 82.9 Å². The van der Waals surface area contributed by atoms with Crippen LogP contribution in [0, 0.1) is 5.82 Å². The van der Waals surface area contributed by atoms with Gasteiger partial charge in [-0.1, -0.05) is 64.9 Å². The minimum absolute atomic E-state index is 0.205. The quantitative estimate of drug-likeness (QED) is 0.323. The molecule has 0 fully saturated rings. The number of hydrogen-bond acceptors (Lipinski definition) is 3. The lowest BCUT2D eigenvalue weighted by molar-refractivity contribution is 0.289. The molecular formula is C26H36FNO2. The second-order valence-corrected chi connectivity index (χ2v) is 8.22. The van der Waals surface area contributed by atoms with Gasteiger partial charge in [-0.3, -0.25) is 0 Å². The Morgan fingerprint density at radius 2 is 1.43 bits per heavy atom. The molecule has 30 heavy (non-hydrogen) atoms. The first-order valence-electron chi connectivity index (χ1n) is 11.8. The molecule has 0 aliphatic heterocycles. The lowest BCUT2D eigenvalue weighted by atomic mass is 9.88. The number of halogens is 1. The van der Waals surface area contributed by atoms with Crippen molar-refractivity contribution in [2.45, 2.75) is 84.5 Å². The number of aryl methyl sites for hydroxylation is 1. The molecule has 1 aromatic heterocycles. The Morgan fingerprint density at radius 3 is 2.27 bits per heavy atom. The number of aromatic nitrogens is 1. The van der Waals surface area contributed by atoms with Gasteiger partial charge in [0.1, 0.15) is 0 Å². The van der Waals surface area contributed by atoms with Crippen molar-refractivity contribution in [2.75, 3.05) is 13.2 Å². The summed E-state index contributed by atoms with van der Waals surface area (Å²) in [5, 5.41) is 0.